The van der Waals surface area contributed by atoms with Gasteiger partial charge in [-0.15, -0.1) is 0 Å². The summed E-state index contributed by atoms with van der Waals surface area (Å²) >= 11 is 0. The van der Waals surface area contributed by atoms with Gasteiger partial charge in [0.1, 0.15) is 5.69 Å². The molecule has 0 aliphatic heterocycles. The first-order chi connectivity index (χ1) is 7.02. The van der Waals surface area contributed by atoms with Gasteiger partial charge in [0.05, 0.1) is 0 Å². The molecule has 0 atom stereocenters. The molecule has 15 heavy (non-hydrogen) atoms. The zero-order chi connectivity index (χ0) is 11.6. The second-order valence-electron chi connectivity index (χ2n) is 2.84. The molecule has 0 aromatic carbocycles. The van der Waals surface area contributed by atoms with E-state index in [2.05, 4.69) is 4.98 Å². The van der Waals surface area contributed by atoms with E-state index in [4.69, 9.17) is 0 Å². The molecule has 1 aromatic heterocycles. The average molecular weight is 222 g/mol. The summed E-state index contributed by atoms with van der Waals surface area (Å²) in [4.78, 5) is 3.65. The molecule has 0 unspecified atom stereocenters. The first kappa shape index (κ1) is 11.7. The van der Waals surface area contributed by atoms with Crippen LogP contribution in [0, 0.1) is 23.5 Å². The lowest BCUT2D eigenvalue weighted by molar-refractivity contribution is 0.406. The van der Waals surface area contributed by atoms with Crippen molar-refractivity contribution in [2.75, 3.05) is 18.0 Å². The van der Waals surface area contributed by atoms with E-state index in [9.17, 15) is 17.6 Å². The number of hydrogen-bond acceptors (Lipinski definition) is 2. The van der Waals surface area contributed by atoms with Crippen molar-refractivity contribution in [1.82, 2.24) is 4.98 Å². The van der Waals surface area contributed by atoms with Crippen molar-refractivity contribution in [3.63, 3.8) is 0 Å². The highest BCUT2D eigenvalue weighted by molar-refractivity contribution is 5.48. The fraction of sp³-hybridized carbons (Fsp3) is 0.444. The normalized spacial score (nSPS) is 10.5. The van der Waals surface area contributed by atoms with Crippen molar-refractivity contribution in [3.8, 4) is 0 Å². The summed E-state index contributed by atoms with van der Waals surface area (Å²) in [6.07, 6.45) is 0. The maximum atomic E-state index is 13.2. The van der Waals surface area contributed by atoms with Crippen LogP contribution in [0.5, 0.6) is 0 Å². The van der Waals surface area contributed by atoms with Crippen LogP contribution in [0.2, 0.25) is 0 Å². The molecule has 0 N–H and O–H groups in total. The third kappa shape index (κ3) is 2.03. The molecular formula is C9H10F4N2. The van der Waals surface area contributed by atoms with Crippen LogP contribution >= 0.6 is 0 Å². The van der Waals surface area contributed by atoms with Gasteiger partial charge >= 0.3 is 0 Å². The molecule has 1 aromatic rings. The number of rotatable bonds is 3. The molecule has 1 heterocycles. The molecule has 0 radical (unpaired) electrons. The summed E-state index contributed by atoms with van der Waals surface area (Å²) < 4.78 is 51.8. The first-order valence-corrected chi connectivity index (χ1v) is 4.47. The SMILES string of the molecule is CCN(CC)c1c(F)c(F)nc(F)c1F. The summed E-state index contributed by atoms with van der Waals surface area (Å²) in [5.74, 6) is -6.18. The number of halogens is 4. The number of pyridine rings is 1. The van der Waals surface area contributed by atoms with Crippen molar-refractivity contribution in [2.45, 2.75) is 13.8 Å². The highest BCUT2D eigenvalue weighted by atomic mass is 19.2. The van der Waals surface area contributed by atoms with Gasteiger partial charge in [0.15, 0.2) is 0 Å². The third-order valence-electron chi connectivity index (χ3n) is 2.05. The lowest BCUT2D eigenvalue weighted by Gasteiger charge is -2.21. The lowest BCUT2D eigenvalue weighted by atomic mass is 10.3. The van der Waals surface area contributed by atoms with E-state index in [1.165, 1.54) is 4.90 Å². The standard InChI is InChI=1S/C9H10F4N2/c1-3-15(4-2)7-5(10)8(12)14-9(13)6(7)11/h3-4H2,1-2H3. The van der Waals surface area contributed by atoms with E-state index in [0.29, 0.717) is 0 Å². The predicted octanol–water partition coefficient (Wildman–Crippen LogP) is 2.48. The van der Waals surface area contributed by atoms with Crippen LogP contribution < -0.4 is 4.90 Å². The highest BCUT2D eigenvalue weighted by Gasteiger charge is 2.23. The summed E-state index contributed by atoms with van der Waals surface area (Å²) in [6, 6.07) is 0. The Hall–Kier alpha value is -1.33. The molecule has 0 aliphatic carbocycles. The quantitative estimate of drug-likeness (QED) is 0.577. The van der Waals surface area contributed by atoms with E-state index in [0.717, 1.165) is 0 Å². The second-order valence-corrected chi connectivity index (χ2v) is 2.84. The van der Waals surface area contributed by atoms with Gasteiger partial charge in [-0.05, 0) is 13.8 Å². The minimum absolute atomic E-state index is 0.243. The Balaban J connectivity index is 3.37. The summed E-state index contributed by atoms with van der Waals surface area (Å²) in [6.45, 7) is 3.73. The molecule has 0 saturated heterocycles. The Bertz CT molecular complexity index is 337. The molecule has 1 rings (SSSR count). The molecular weight excluding hydrogens is 212 g/mol. The zero-order valence-corrected chi connectivity index (χ0v) is 8.32. The van der Waals surface area contributed by atoms with Crippen LogP contribution in [0.1, 0.15) is 13.8 Å². The highest BCUT2D eigenvalue weighted by Crippen LogP contribution is 2.25. The van der Waals surface area contributed by atoms with Crippen LogP contribution in [-0.2, 0) is 0 Å². The first-order valence-electron chi connectivity index (χ1n) is 4.47. The Morgan fingerprint density at radius 3 is 1.67 bits per heavy atom. The van der Waals surface area contributed by atoms with Crippen LogP contribution in [0.25, 0.3) is 0 Å². The number of aromatic nitrogens is 1. The van der Waals surface area contributed by atoms with Crippen molar-refractivity contribution < 1.29 is 17.6 Å². The largest absolute Gasteiger partial charge is 0.367 e. The maximum Gasteiger partial charge on any atom is 0.253 e. The fourth-order valence-electron chi connectivity index (χ4n) is 1.29. The van der Waals surface area contributed by atoms with Gasteiger partial charge in [-0.3, -0.25) is 0 Å². The topological polar surface area (TPSA) is 16.1 Å². The van der Waals surface area contributed by atoms with E-state index in [1.807, 2.05) is 0 Å². The monoisotopic (exact) mass is 222 g/mol. The van der Waals surface area contributed by atoms with Gasteiger partial charge in [-0.2, -0.15) is 22.5 Å². The maximum absolute atomic E-state index is 13.2. The summed E-state index contributed by atoms with van der Waals surface area (Å²) in [5, 5.41) is 0. The van der Waals surface area contributed by atoms with Gasteiger partial charge in [0, 0.05) is 13.1 Å². The van der Waals surface area contributed by atoms with Gasteiger partial charge in [0.2, 0.25) is 11.6 Å². The van der Waals surface area contributed by atoms with Gasteiger partial charge in [0.25, 0.3) is 11.9 Å². The Kier molecular flexibility index (Phi) is 3.49. The van der Waals surface area contributed by atoms with Crippen molar-refractivity contribution in [2.24, 2.45) is 0 Å². The van der Waals surface area contributed by atoms with Gasteiger partial charge in [-0.1, -0.05) is 0 Å². The minimum Gasteiger partial charge on any atom is -0.367 e. The lowest BCUT2D eigenvalue weighted by Crippen LogP contribution is -2.25. The Labute approximate surface area is 84.5 Å². The number of anilines is 1. The molecule has 6 heteroatoms. The third-order valence-corrected chi connectivity index (χ3v) is 2.05. The van der Waals surface area contributed by atoms with Gasteiger partial charge in [-0.25, -0.2) is 0 Å². The predicted molar refractivity (Wildman–Crippen MR) is 47.6 cm³/mol. The Morgan fingerprint density at radius 1 is 0.933 bits per heavy atom. The molecule has 0 aliphatic rings. The van der Waals surface area contributed by atoms with E-state index < -0.39 is 29.2 Å². The van der Waals surface area contributed by atoms with E-state index in [1.54, 1.807) is 13.8 Å². The van der Waals surface area contributed by atoms with E-state index in [-0.39, 0.29) is 13.1 Å². The van der Waals surface area contributed by atoms with Crippen LogP contribution in [0.15, 0.2) is 0 Å². The van der Waals surface area contributed by atoms with Crippen molar-refractivity contribution in [1.29, 1.82) is 0 Å². The number of nitrogens with zero attached hydrogens (tertiary/aromatic N) is 2. The smallest absolute Gasteiger partial charge is 0.253 e. The van der Waals surface area contributed by atoms with Crippen LogP contribution in [0.4, 0.5) is 23.2 Å². The molecule has 0 spiro atoms. The Morgan fingerprint density at radius 2 is 1.33 bits per heavy atom. The molecule has 0 saturated carbocycles. The second kappa shape index (κ2) is 4.46. The van der Waals surface area contributed by atoms with Gasteiger partial charge < -0.3 is 4.90 Å². The number of hydrogen-bond donors (Lipinski definition) is 0. The van der Waals surface area contributed by atoms with Crippen LogP contribution in [-0.4, -0.2) is 18.1 Å². The molecule has 2 nitrogen and oxygen atoms in total. The summed E-state index contributed by atoms with van der Waals surface area (Å²) in [5.41, 5.74) is -0.704. The van der Waals surface area contributed by atoms with Crippen molar-refractivity contribution >= 4 is 5.69 Å². The van der Waals surface area contributed by atoms with Crippen molar-refractivity contribution in [3.05, 3.63) is 23.5 Å². The zero-order valence-electron chi connectivity index (χ0n) is 8.32. The van der Waals surface area contributed by atoms with E-state index >= 15 is 0 Å². The molecule has 0 fully saturated rings. The molecule has 0 amide bonds. The van der Waals surface area contributed by atoms with Crippen LogP contribution in [0.3, 0.4) is 0 Å². The summed E-state index contributed by atoms with van der Waals surface area (Å²) in [7, 11) is 0. The molecule has 84 valence electrons. The fourth-order valence-corrected chi connectivity index (χ4v) is 1.29. The average Bonchev–Trinajstić information content (AvgIpc) is 2.21. The molecule has 0 bridgehead atoms. The minimum atomic E-state index is -1.63.